The lowest BCUT2D eigenvalue weighted by molar-refractivity contribution is -0.385. The Morgan fingerprint density at radius 2 is 2.03 bits per heavy atom. The third kappa shape index (κ3) is 3.62. The highest BCUT2D eigenvalue weighted by Crippen LogP contribution is 2.38. The van der Waals surface area contributed by atoms with Gasteiger partial charge in [0, 0.05) is 18.1 Å². The average molecular weight is 407 g/mol. The normalized spacial score (nSPS) is 15.8. The van der Waals surface area contributed by atoms with Crippen molar-refractivity contribution in [1.82, 2.24) is 5.01 Å². The molecule has 0 radical (unpaired) electrons. The van der Waals surface area contributed by atoms with E-state index in [2.05, 4.69) is 5.10 Å². The number of benzene rings is 2. The molecule has 8 heteroatoms. The largest absolute Gasteiger partial charge is 0.497 e. The Hall–Kier alpha value is -3.52. The number of ether oxygens (including phenoxy) is 1. The summed E-state index contributed by atoms with van der Waals surface area (Å²) in [4.78, 5) is 24.8. The molecule has 1 amide bonds. The zero-order valence-corrected chi connectivity index (χ0v) is 16.3. The third-order valence-electron chi connectivity index (χ3n) is 4.75. The van der Waals surface area contributed by atoms with Crippen LogP contribution < -0.4 is 4.74 Å². The van der Waals surface area contributed by atoms with E-state index in [0.29, 0.717) is 28.3 Å². The lowest BCUT2D eigenvalue weighted by atomic mass is 9.97. The molecule has 29 heavy (non-hydrogen) atoms. The number of nitro groups is 1. The molecule has 0 bridgehead atoms. The van der Waals surface area contributed by atoms with Crippen molar-refractivity contribution in [3.63, 3.8) is 0 Å². The van der Waals surface area contributed by atoms with Gasteiger partial charge in [0.25, 0.3) is 11.6 Å². The molecular weight excluding hydrogens is 390 g/mol. The van der Waals surface area contributed by atoms with Crippen molar-refractivity contribution in [2.75, 3.05) is 7.11 Å². The molecule has 0 N–H and O–H groups in total. The molecule has 0 saturated heterocycles. The highest BCUT2D eigenvalue weighted by molar-refractivity contribution is 7.12. The van der Waals surface area contributed by atoms with Gasteiger partial charge in [0.1, 0.15) is 5.75 Å². The number of hydrogen-bond acceptors (Lipinski definition) is 6. The van der Waals surface area contributed by atoms with Crippen LogP contribution in [0.1, 0.15) is 33.3 Å². The molecule has 0 fully saturated rings. The van der Waals surface area contributed by atoms with Crippen molar-refractivity contribution in [1.29, 1.82) is 0 Å². The number of nitrogens with zero attached hydrogens (tertiary/aromatic N) is 3. The van der Waals surface area contributed by atoms with Crippen LogP contribution in [0, 0.1) is 10.1 Å². The smallest absolute Gasteiger partial charge is 0.284 e. The summed E-state index contributed by atoms with van der Waals surface area (Å²) in [6, 6.07) is 16.8. The fourth-order valence-corrected chi connectivity index (χ4v) is 4.02. The lowest BCUT2D eigenvalue weighted by Gasteiger charge is -2.21. The second-order valence-electron chi connectivity index (χ2n) is 6.44. The van der Waals surface area contributed by atoms with E-state index in [1.54, 1.807) is 37.4 Å². The number of carbonyl (C=O) groups excluding carboxylic acids is 1. The predicted octanol–water partition coefficient (Wildman–Crippen LogP) is 4.66. The van der Waals surface area contributed by atoms with Gasteiger partial charge < -0.3 is 4.74 Å². The first kappa shape index (κ1) is 18.8. The highest BCUT2D eigenvalue weighted by atomic mass is 32.1. The fraction of sp³-hybridized carbons (Fsp3) is 0.143. The number of carbonyl (C=O) groups is 1. The number of para-hydroxylation sites is 1. The molecule has 0 aliphatic carbocycles. The van der Waals surface area contributed by atoms with Crippen LogP contribution in [0.4, 0.5) is 5.69 Å². The van der Waals surface area contributed by atoms with Gasteiger partial charge in [-0.1, -0.05) is 30.3 Å². The summed E-state index contributed by atoms with van der Waals surface area (Å²) < 4.78 is 5.29. The van der Waals surface area contributed by atoms with E-state index in [9.17, 15) is 14.9 Å². The molecule has 7 nitrogen and oxygen atoms in total. The molecule has 3 aromatic rings. The Kier molecular flexibility index (Phi) is 5.09. The first-order chi connectivity index (χ1) is 14.1. The van der Waals surface area contributed by atoms with Crippen LogP contribution in [-0.2, 0) is 0 Å². The van der Waals surface area contributed by atoms with Crippen molar-refractivity contribution in [2.45, 2.75) is 12.5 Å². The summed E-state index contributed by atoms with van der Waals surface area (Å²) in [5, 5.41) is 19.3. The van der Waals surface area contributed by atoms with E-state index in [1.165, 1.54) is 22.4 Å². The van der Waals surface area contributed by atoms with Gasteiger partial charge in [-0.15, -0.1) is 11.3 Å². The van der Waals surface area contributed by atoms with Gasteiger partial charge in [-0.2, -0.15) is 5.10 Å². The monoisotopic (exact) mass is 407 g/mol. The van der Waals surface area contributed by atoms with Crippen LogP contribution in [0.15, 0.2) is 71.1 Å². The number of hydrogen-bond donors (Lipinski definition) is 0. The molecule has 1 aliphatic rings. The second-order valence-corrected chi connectivity index (χ2v) is 7.39. The van der Waals surface area contributed by atoms with Gasteiger partial charge in [-0.05, 0) is 29.6 Å². The number of methoxy groups -OCH3 is 1. The second kappa shape index (κ2) is 7.84. The maximum Gasteiger partial charge on any atom is 0.284 e. The average Bonchev–Trinajstić information content (AvgIpc) is 3.43. The van der Waals surface area contributed by atoms with Crippen LogP contribution in [-0.4, -0.2) is 28.7 Å². The summed E-state index contributed by atoms with van der Waals surface area (Å²) in [5.74, 6) is 0.400. The fourth-order valence-electron chi connectivity index (χ4n) is 3.37. The van der Waals surface area contributed by atoms with Gasteiger partial charge >= 0.3 is 0 Å². The quantitative estimate of drug-likeness (QED) is 0.455. The first-order valence-corrected chi connectivity index (χ1v) is 9.78. The van der Waals surface area contributed by atoms with Crippen LogP contribution in [0.2, 0.25) is 0 Å². The van der Waals surface area contributed by atoms with E-state index < -0.39 is 11.0 Å². The zero-order valence-electron chi connectivity index (χ0n) is 15.5. The van der Waals surface area contributed by atoms with E-state index in [-0.39, 0.29) is 11.6 Å². The minimum atomic E-state index is -0.563. The van der Waals surface area contributed by atoms with Gasteiger partial charge in [0.2, 0.25) is 0 Å². The first-order valence-electron chi connectivity index (χ1n) is 8.91. The van der Waals surface area contributed by atoms with Gasteiger partial charge in [-0.3, -0.25) is 14.9 Å². The molecule has 0 spiro atoms. The number of rotatable bonds is 5. The van der Waals surface area contributed by atoms with Crippen LogP contribution in [0.25, 0.3) is 0 Å². The summed E-state index contributed by atoms with van der Waals surface area (Å²) in [6.45, 7) is 0. The predicted molar refractivity (Wildman–Crippen MR) is 110 cm³/mol. The Balaban J connectivity index is 1.78. The van der Waals surface area contributed by atoms with Crippen molar-refractivity contribution in [3.8, 4) is 5.75 Å². The summed E-state index contributed by atoms with van der Waals surface area (Å²) in [7, 11) is 1.58. The van der Waals surface area contributed by atoms with E-state index in [0.717, 1.165) is 5.56 Å². The minimum Gasteiger partial charge on any atom is -0.497 e. The molecule has 1 aromatic heterocycles. The Morgan fingerprint density at radius 3 is 2.76 bits per heavy atom. The Labute approximate surface area is 171 Å². The number of thiophene rings is 1. The molecule has 0 unspecified atom stereocenters. The molecule has 146 valence electrons. The van der Waals surface area contributed by atoms with Gasteiger partial charge in [-0.25, -0.2) is 5.01 Å². The molecule has 4 rings (SSSR count). The minimum absolute atomic E-state index is 0.0245. The van der Waals surface area contributed by atoms with Gasteiger partial charge in [0.05, 0.1) is 34.2 Å². The van der Waals surface area contributed by atoms with E-state index in [1.807, 2.05) is 29.6 Å². The molecule has 2 heterocycles. The third-order valence-corrected chi connectivity index (χ3v) is 5.60. The molecule has 1 aliphatic heterocycles. The highest BCUT2D eigenvalue weighted by Gasteiger charge is 2.37. The summed E-state index contributed by atoms with van der Waals surface area (Å²) in [5.41, 5.74) is 1.93. The maximum atomic E-state index is 13.1. The van der Waals surface area contributed by atoms with Gasteiger partial charge in [0.15, 0.2) is 0 Å². The zero-order chi connectivity index (χ0) is 20.4. The lowest BCUT2D eigenvalue weighted by Crippen LogP contribution is -2.26. The molecular formula is C21H17N3O4S. The van der Waals surface area contributed by atoms with Crippen LogP contribution in [0.5, 0.6) is 5.75 Å². The van der Waals surface area contributed by atoms with E-state index >= 15 is 0 Å². The van der Waals surface area contributed by atoms with Crippen LogP contribution in [0.3, 0.4) is 0 Å². The SMILES string of the molecule is COc1cccc(C2=NN(C(=O)c3cccs3)[C@H](c3ccccc3[N+](=O)[O-])C2)c1. The Morgan fingerprint density at radius 1 is 1.21 bits per heavy atom. The van der Waals surface area contributed by atoms with Crippen molar-refractivity contribution in [2.24, 2.45) is 5.10 Å². The standard InChI is InChI=1S/C21H17N3O4S/c1-28-15-7-4-6-14(12-15)17-13-19(16-8-2-3-9-18(16)24(26)27)23(22-17)21(25)20-10-5-11-29-20/h2-12,19H,13H2,1H3/t19-/m0/s1. The number of hydrazone groups is 1. The number of nitro benzene ring substituents is 1. The summed E-state index contributed by atoms with van der Waals surface area (Å²) in [6.07, 6.45) is 0.370. The van der Waals surface area contributed by atoms with Crippen LogP contribution >= 0.6 is 11.3 Å². The molecule has 2 aromatic carbocycles. The van der Waals surface area contributed by atoms with Crippen molar-refractivity contribution >= 4 is 28.6 Å². The maximum absolute atomic E-state index is 13.1. The number of amides is 1. The molecule has 0 saturated carbocycles. The topological polar surface area (TPSA) is 85.0 Å². The summed E-state index contributed by atoms with van der Waals surface area (Å²) >= 11 is 1.31. The Bertz CT molecular complexity index is 1090. The van der Waals surface area contributed by atoms with E-state index in [4.69, 9.17) is 4.74 Å². The van der Waals surface area contributed by atoms with Crippen molar-refractivity contribution < 1.29 is 14.5 Å². The van der Waals surface area contributed by atoms with Crippen molar-refractivity contribution in [3.05, 3.63) is 92.2 Å². The molecule has 1 atom stereocenters.